The highest BCUT2D eigenvalue weighted by molar-refractivity contribution is 7.92. The highest BCUT2D eigenvalue weighted by Gasteiger charge is 2.31. The molecule has 8 heteroatoms. The summed E-state index contributed by atoms with van der Waals surface area (Å²) in [4.78, 5) is 15.3. The number of hydrogen-bond acceptors (Lipinski definition) is 5. The van der Waals surface area contributed by atoms with Crippen LogP contribution < -0.4 is 14.2 Å². The molecule has 0 spiro atoms. The third-order valence-electron chi connectivity index (χ3n) is 6.03. The Bertz CT molecular complexity index is 1100. The Morgan fingerprint density at radius 2 is 1.80 bits per heavy atom. The van der Waals surface area contributed by atoms with Crippen molar-refractivity contribution in [2.75, 3.05) is 24.5 Å². The molecule has 7 nitrogen and oxygen atoms in total. The van der Waals surface area contributed by atoms with Gasteiger partial charge < -0.3 is 14.4 Å². The summed E-state index contributed by atoms with van der Waals surface area (Å²) in [7, 11) is -3.79. The molecule has 2 aromatic carbocycles. The topological polar surface area (TPSA) is 84.9 Å². The second-order valence-electron chi connectivity index (χ2n) is 7.97. The van der Waals surface area contributed by atoms with Crippen LogP contribution in [-0.4, -0.2) is 45.0 Å². The smallest absolute Gasteiger partial charge is 0.261 e. The van der Waals surface area contributed by atoms with Gasteiger partial charge in [0.2, 0.25) is 0 Å². The molecular weight excluding hydrogens is 404 g/mol. The lowest BCUT2D eigenvalue weighted by Crippen LogP contribution is -2.45. The number of benzene rings is 2. The van der Waals surface area contributed by atoms with Crippen molar-refractivity contribution in [3.05, 3.63) is 47.5 Å². The molecule has 1 atom stereocenters. The number of anilines is 1. The van der Waals surface area contributed by atoms with E-state index in [1.807, 2.05) is 4.90 Å². The van der Waals surface area contributed by atoms with Crippen molar-refractivity contribution in [3.8, 4) is 11.5 Å². The van der Waals surface area contributed by atoms with Gasteiger partial charge in [0.05, 0.1) is 23.7 Å². The molecule has 5 rings (SSSR count). The number of fused-ring (bicyclic) bond motifs is 3. The van der Waals surface area contributed by atoms with Gasteiger partial charge in [-0.25, -0.2) is 8.42 Å². The molecule has 3 aliphatic heterocycles. The van der Waals surface area contributed by atoms with E-state index >= 15 is 0 Å². The summed E-state index contributed by atoms with van der Waals surface area (Å²) in [5.41, 5.74) is 1.64. The number of nitrogens with zero attached hydrogens (tertiary/aromatic N) is 1. The van der Waals surface area contributed by atoms with Crippen LogP contribution in [0.1, 0.15) is 41.6 Å². The Hall–Kier alpha value is -2.74. The normalized spacial score (nSPS) is 20.7. The molecule has 2 aromatic rings. The molecule has 0 aromatic heterocycles. The molecule has 3 heterocycles. The minimum Gasteiger partial charge on any atom is -0.493 e. The average molecular weight is 429 g/mol. The highest BCUT2D eigenvalue weighted by Crippen LogP contribution is 2.32. The van der Waals surface area contributed by atoms with Crippen LogP contribution in [0.15, 0.2) is 41.3 Å². The minimum atomic E-state index is -3.79. The van der Waals surface area contributed by atoms with Gasteiger partial charge in [-0.2, -0.15) is 0 Å². The van der Waals surface area contributed by atoms with E-state index < -0.39 is 10.0 Å². The summed E-state index contributed by atoms with van der Waals surface area (Å²) in [5, 5.41) is 0. The molecule has 3 aliphatic rings. The molecule has 0 bridgehead atoms. The summed E-state index contributed by atoms with van der Waals surface area (Å²) in [6, 6.07) is 9.95. The van der Waals surface area contributed by atoms with E-state index in [1.54, 1.807) is 30.3 Å². The summed E-state index contributed by atoms with van der Waals surface area (Å²) >= 11 is 0. The maximum atomic E-state index is 13.2. The number of nitrogens with one attached hydrogen (secondary N) is 1. The fourth-order valence-corrected chi connectivity index (χ4v) is 5.56. The van der Waals surface area contributed by atoms with Gasteiger partial charge in [-0.1, -0.05) is 0 Å². The van der Waals surface area contributed by atoms with Crippen LogP contribution in [-0.2, 0) is 16.4 Å². The van der Waals surface area contributed by atoms with Gasteiger partial charge in [-0.15, -0.1) is 0 Å². The molecule has 1 saturated heterocycles. The van der Waals surface area contributed by atoms with Crippen molar-refractivity contribution < 1.29 is 22.7 Å². The average Bonchev–Trinajstić information content (AvgIpc) is 3.21. The zero-order chi connectivity index (χ0) is 20.7. The van der Waals surface area contributed by atoms with Gasteiger partial charge in [0.1, 0.15) is 11.5 Å². The van der Waals surface area contributed by atoms with Crippen molar-refractivity contribution in [2.24, 2.45) is 0 Å². The van der Waals surface area contributed by atoms with Gasteiger partial charge in [0.15, 0.2) is 0 Å². The number of amides is 1. The number of piperidine rings is 1. The Labute approximate surface area is 176 Å². The molecule has 1 amide bonds. The Balaban J connectivity index is 1.44. The summed E-state index contributed by atoms with van der Waals surface area (Å²) in [6.45, 7) is 1.84. The first kappa shape index (κ1) is 19.2. The van der Waals surface area contributed by atoms with Crippen LogP contribution >= 0.6 is 0 Å². The molecular formula is C22H24N2O5S. The number of carbonyl (C=O) groups is 1. The third kappa shape index (κ3) is 3.49. The fourth-order valence-electron chi connectivity index (χ4n) is 4.46. The largest absolute Gasteiger partial charge is 0.493 e. The number of rotatable bonds is 3. The predicted octanol–water partition coefficient (Wildman–Crippen LogP) is 3.20. The van der Waals surface area contributed by atoms with E-state index in [0.29, 0.717) is 36.6 Å². The minimum absolute atomic E-state index is 0.0925. The van der Waals surface area contributed by atoms with Gasteiger partial charge in [0, 0.05) is 31.1 Å². The summed E-state index contributed by atoms with van der Waals surface area (Å²) in [6.07, 6.45) is 4.61. The van der Waals surface area contributed by atoms with Crippen molar-refractivity contribution in [2.45, 2.75) is 43.0 Å². The summed E-state index contributed by atoms with van der Waals surface area (Å²) < 4.78 is 39.7. The second kappa shape index (κ2) is 7.50. The maximum Gasteiger partial charge on any atom is 0.261 e. The van der Waals surface area contributed by atoms with Crippen LogP contribution in [0.2, 0.25) is 0 Å². The molecule has 30 heavy (non-hydrogen) atoms. The maximum absolute atomic E-state index is 13.2. The third-order valence-corrected chi connectivity index (χ3v) is 7.41. The number of sulfonamides is 1. The quantitative estimate of drug-likeness (QED) is 0.812. The number of hydrogen-bond donors (Lipinski definition) is 1. The van der Waals surface area contributed by atoms with Gasteiger partial charge in [0.25, 0.3) is 15.9 Å². The number of carbonyl (C=O) groups excluding carboxylic acids is 1. The molecule has 0 radical (unpaired) electrons. The van der Waals surface area contributed by atoms with Crippen molar-refractivity contribution >= 4 is 21.6 Å². The number of ether oxygens (including phenoxy) is 2. The van der Waals surface area contributed by atoms with Crippen LogP contribution in [0.3, 0.4) is 0 Å². The first-order chi connectivity index (χ1) is 14.5. The lowest BCUT2D eigenvalue weighted by molar-refractivity contribution is 0.0548. The zero-order valence-corrected chi connectivity index (χ0v) is 17.4. The predicted molar refractivity (Wildman–Crippen MR) is 112 cm³/mol. The first-order valence-corrected chi connectivity index (χ1v) is 11.9. The van der Waals surface area contributed by atoms with Crippen LogP contribution in [0.4, 0.5) is 5.69 Å². The van der Waals surface area contributed by atoms with E-state index in [4.69, 9.17) is 9.47 Å². The lowest BCUT2D eigenvalue weighted by atomic mass is 9.97. The molecule has 0 aliphatic carbocycles. The van der Waals surface area contributed by atoms with E-state index in [2.05, 4.69) is 4.72 Å². The van der Waals surface area contributed by atoms with Gasteiger partial charge >= 0.3 is 0 Å². The van der Waals surface area contributed by atoms with Crippen LogP contribution in [0.5, 0.6) is 11.5 Å². The molecule has 1 N–H and O–H groups in total. The fraction of sp³-hybridized carbons (Fsp3) is 0.409. The van der Waals surface area contributed by atoms with E-state index in [9.17, 15) is 13.2 Å². The second-order valence-corrected chi connectivity index (χ2v) is 9.65. The van der Waals surface area contributed by atoms with E-state index in [0.717, 1.165) is 43.5 Å². The van der Waals surface area contributed by atoms with Crippen LogP contribution in [0, 0.1) is 0 Å². The van der Waals surface area contributed by atoms with Crippen LogP contribution in [0.25, 0.3) is 0 Å². The van der Waals surface area contributed by atoms with Crippen molar-refractivity contribution in [1.29, 1.82) is 0 Å². The standard InChI is InChI=1S/C22H24N2O5S/c25-22-19-14-16(4-6-21(19)29-12-9-17-3-1-2-10-24(17)22)23-30(26,27)18-5-7-20-15(13-18)8-11-28-20/h4-7,13-14,17,23H,1-3,8-12H2. The molecule has 1 unspecified atom stereocenters. The molecule has 1 fully saturated rings. The Morgan fingerprint density at radius 1 is 0.967 bits per heavy atom. The highest BCUT2D eigenvalue weighted by atomic mass is 32.2. The summed E-state index contributed by atoms with van der Waals surface area (Å²) in [5.74, 6) is 1.14. The van der Waals surface area contributed by atoms with Crippen molar-refractivity contribution in [3.63, 3.8) is 0 Å². The monoisotopic (exact) mass is 428 g/mol. The zero-order valence-electron chi connectivity index (χ0n) is 16.6. The van der Waals surface area contributed by atoms with E-state index in [-0.39, 0.29) is 16.8 Å². The SMILES string of the molecule is O=C1c2cc(NS(=O)(=O)c3ccc4c(c3)CCO4)ccc2OCCC2CCCCN12. The van der Waals surface area contributed by atoms with Crippen molar-refractivity contribution in [1.82, 2.24) is 4.90 Å². The first-order valence-electron chi connectivity index (χ1n) is 10.4. The lowest BCUT2D eigenvalue weighted by Gasteiger charge is -2.37. The van der Waals surface area contributed by atoms with E-state index in [1.165, 1.54) is 6.07 Å². The Kier molecular flexibility index (Phi) is 4.81. The van der Waals surface area contributed by atoms with Gasteiger partial charge in [-0.3, -0.25) is 9.52 Å². The van der Waals surface area contributed by atoms with Gasteiger partial charge in [-0.05, 0) is 61.2 Å². The Morgan fingerprint density at radius 3 is 2.70 bits per heavy atom. The molecule has 158 valence electrons. The molecule has 0 saturated carbocycles.